The summed E-state index contributed by atoms with van der Waals surface area (Å²) in [5.41, 5.74) is 11.4. The first kappa shape index (κ1) is 40.4. The molecule has 0 saturated heterocycles. The molecule has 0 fully saturated rings. The maximum Gasteiger partial charge on any atom is 4.00 e. The van der Waals surface area contributed by atoms with Gasteiger partial charge in [0.2, 0.25) is 0 Å². The van der Waals surface area contributed by atoms with Crippen molar-refractivity contribution in [2.24, 2.45) is 0 Å². The predicted molar refractivity (Wildman–Crippen MR) is 243 cm³/mol. The Labute approximate surface area is 372 Å². The molecule has 0 aromatic heterocycles. The van der Waals surface area contributed by atoms with Gasteiger partial charge in [-0.15, -0.1) is 28.7 Å². The molecule has 0 saturated carbocycles. The van der Waals surface area contributed by atoms with E-state index in [1.54, 1.807) is 0 Å². The molecule has 4 aliphatic heterocycles. The van der Waals surface area contributed by atoms with Gasteiger partial charge in [-0.25, -0.2) is 0 Å². The van der Waals surface area contributed by atoms with E-state index in [9.17, 15) is 0 Å². The normalized spacial score (nSPS) is 18.1. The van der Waals surface area contributed by atoms with Gasteiger partial charge in [0.25, 0.3) is 0 Å². The van der Waals surface area contributed by atoms with Crippen LogP contribution in [0.4, 0.5) is 34.1 Å². The molecule has 6 aromatic rings. The average molecular weight is 970 g/mol. The van der Waals surface area contributed by atoms with Crippen LogP contribution in [-0.4, -0.2) is 11.1 Å². The van der Waals surface area contributed by atoms with E-state index in [0.29, 0.717) is 0 Å². The molecule has 306 valence electrons. The second-order valence-corrected chi connectivity index (χ2v) is 19.8. The first-order chi connectivity index (χ1) is 27.9. The maximum absolute atomic E-state index is 6.99. The van der Waals surface area contributed by atoms with Gasteiger partial charge in [0, 0.05) is 50.4 Å². The minimum atomic E-state index is -0.859. The average Bonchev–Trinajstić information content (AvgIpc) is 3.74. The number of hydrogen-bond acceptors (Lipinski definition) is 5. The summed E-state index contributed by atoms with van der Waals surface area (Å²) >= 11 is 0. The molecule has 6 heteroatoms. The van der Waals surface area contributed by atoms with Crippen LogP contribution in [0.3, 0.4) is 0 Å². The fraction of sp³-hybridized carbons (Fsp3) is 0.296. The minimum absolute atomic E-state index is 0. The smallest absolute Gasteiger partial charge is 0.495 e. The van der Waals surface area contributed by atoms with Crippen LogP contribution in [0.25, 0.3) is 0 Å². The fourth-order valence-corrected chi connectivity index (χ4v) is 9.99. The Morgan fingerprint density at radius 2 is 1.07 bits per heavy atom. The minimum Gasteiger partial charge on any atom is -0.495 e. The van der Waals surface area contributed by atoms with Gasteiger partial charge in [0.15, 0.2) is 0 Å². The zero-order valence-electron chi connectivity index (χ0n) is 36.6. The molecule has 4 heterocycles. The fourth-order valence-electron chi connectivity index (χ4n) is 9.99. The number of hydrogen-bond donors (Lipinski definition) is 0. The second-order valence-electron chi connectivity index (χ2n) is 19.8. The monoisotopic (exact) mass is 969 g/mol. The van der Waals surface area contributed by atoms with Crippen molar-refractivity contribution in [3.63, 3.8) is 0 Å². The van der Waals surface area contributed by atoms with E-state index >= 15 is 0 Å². The molecule has 4 aliphatic rings. The molecule has 6 aromatic carbocycles. The van der Waals surface area contributed by atoms with Crippen molar-refractivity contribution in [3.8, 4) is 11.5 Å². The van der Waals surface area contributed by atoms with Crippen molar-refractivity contribution in [1.29, 1.82) is 0 Å². The Bertz CT molecular complexity index is 2600. The van der Waals surface area contributed by atoms with E-state index < -0.39 is 16.5 Å². The van der Waals surface area contributed by atoms with E-state index in [4.69, 9.17) is 4.74 Å². The molecule has 0 radical (unpaired) electrons. The van der Waals surface area contributed by atoms with Crippen LogP contribution in [0.1, 0.15) is 110 Å². The van der Waals surface area contributed by atoms with Gasteiger partial charge in [-0.05, 0) is 86.1 Å². The van der Waals surface area contributed by atoms with Crippen LogP contribution in [0.5, 0.6) is 11.5 Å². The maximum atomic E-state index is 6.99. The Balaban J connectivity index is 0.00000462. The quantitative estimate of drug-likeness (QED) is 0.141. The van der Waals surface area contributed by atoms with Gasteiger partial charge >= 0.3 is 21.1 Å². The topological polar surface area (TPSA) is 22.2 Å². The van der Waals surface area contributed by atoms with Gasteiger partial charge in [0.05, 0.1) is 0 Å². The molecule has 0 amide bonds. The molecule has 0 atom stereocenters. The van der Waals surface area contributed by atoms with Gasteiger partial charge in [-0.1, -0.05) is 90.1 Å². The first-order valence-corrected chi connectivity index (χ1v) is 21.0. The Morgan fingerprint density at radius 3 is 1.63 bits per heavy atom. The number of rotatable bonds is 0. The van der Waals surface area contributed by atoms with E-state index in [-0.39, 0.29) is 31.9 Å². The molecular formula is C54H54N4OPt. The Hall–Kier alpha value is -4.99. The second kappa shape index (κ2) is 13.5. The zero-order chi connectivity index (χ0) is 41.4. The van der Waals surface area contributed by atoms with Crippen LogP contribution in [-0.2, 0) is 37.3 Å². The van der Waals surface area contributed by atoms with Gasteiger partial charge in [-0.2, -0.15) is 62.1 Å². The number of anilines is 6. The number of fused-ring (bicyclic) bond motifs is 22. The van der Waals surface area contributed by atoms with Crippen LogP contribution in [0.15, 0.2) is 121 Å². The molecule has 0 N–H and O–H groups in total. The van der Waals surface area contributed by atoms with Crippen LogP contribution in [0, 0.1) is 25.0 Å². The summed E-state index contributed by atoms with van der Waals surface area (Å²) in [6.45, 7) is 27.8. The first-order valence-electron chi connectivity index (χ1n) is 21.0. The van der Waals surface area contributed by atoms with Crippen molar-refractivity contribution in [2.45, 2.75) is 103 Å². The van der Waals surface area contributed by atoms with Crippen molar-refractivity contribution in [2.75, 3.05) is 19.6 Å². The summed E-state index contributed by atoms with van der Waals surface area (Å²) in [6.07, 6.45) is 1.14. The standard InChI is InChI=1S/C54H54N4O.Pt/c1-35-57-41-21-17-19-39(31-41)54(42-32-36(50(2,3)4)26-28-48(42)59-49-29-27-37(33-43(49)54)51(5,6)7)38-18-16-20-40(30-38)55-34-56(45-23-13-12-22-44(45)55)52(8,9)53(10,11)58(35)47-25-15-14-24-46(47)57;/h12-29,32-34H,1-11H3;/q-4;+4. The van der Waals surface area contributed by atoms with Crippen molar-refractivity contribution in [1.82, 2.24) is 0 Å². The largest absolute Gasteiger partial charge is 4.00 e. The molecular weight excluding hydrogens is 916 g/mol. The SMILES string of the molecule is C[C-]1N2c3[c-]c(ccc3)C3(c4[c-]c(ccc4)N4[CH-]N(c5ccccc54)C(C)(C)C(C)(C)N1c1ccccc12)c1cc(C(C)(C)C)ccc1Oc1ccc(C(C)(C)C)cc13.[Pt+4]. The molecule has 0 aliphatic carbocycles. The van der Waals surface area contributed by atoms with Crippen molar-refractivity contribution >= 4 is 34.1 Å². The summed E-state index contributed by atoms with van der Waals surface area (Å²) in [5.74, 6) is 1.69. The third-order valence-electron chi connectivity index (χ3n) is 13.9. The predicted octanol–water partition coefficient (Wildman–Crippen LogP) is 13.5. The van der Waals surface area contributed by atoms with E-state index in [0.717, 1.165) is 68.4 Å². The summed E-state index contributed by atoms with van der Waals surface area (Å²) in [5, 5.41) is 0. The van der Waals surface area contributed by atoms with Crippen molar-refractivity contribution < 1.29 is 25.8 Å². The molecule has 8 bridgehead atoms. The van der Waals surface area contributed by atoms with Gasteiger partial charge in [-0.3, -0.25) is 0 Å². The molecule has 10 rings (SSSR count). The zero-order valence-corrected chi connectivity index (χ0v) is 38.9. The molecule has 0 unspecified atom stereocenters. The number of nitrogens with zero attached hydrogens (tertiary/aromatic N) is 4. The van der Waals surface area contributed by atoms with Crippen molar-refractivity contribution in [3.05, 3.63) is 180 Å². The summed E-state index contributed by atoms with van der Waals surface area (Å²) < 4.78 is 6.99. The van der Waals surface area contributed by atoms with Crippen LogP contribution in [0.2, 0.25) is 0 Å². The van der Waals surface area contributed by atoms with E-state index in [2.05, 4.69) is 236 Å². The van der Waals surface area contributed by atoms with E-state index in [1.807, 2.05) is 0 Å². The van der Waals surface area contributed by atoms with Crippen LogP contribution < -0.4 is 24.3 Å². The number of para-hydroxylation sites is 4. The molecule has 5 nitrogen and oxygen atoms in total. The third kappa shape index (κ3) is 5.60. The molecule has 1 spiro atoms. The van der Waals surface area contributed by atoms with E-state index in [1.165, 1.54) is 16.8 Å². The number of benzene rings is 6. The number of ether oxygens (including phenoxy) is 1. The van der Waals surface area contributed by atoms with Gasteiger partial charge in [0.1, 0.15) is 11.5 Å². The Kier molecular flexibility index (Phi) is 9.10. The summed E-state index contributed by atoms with van der Waals surface area (Å²) in [4.78, 5) is 9.78. The summed E-state index contributed by atoms with van der Waals surface area (Å²) in [6, 6.07) is 52.9. The van der Waals surface area contributed by atoms with Gasteiger partial charge < -0.3 is 24.3 Å². The Morgan fingerprint density at radius 1 is 0.567 bits per heavy atom. The third-order valence-corrected chi connectivity index (χ3v) is 13.9. The molecule has 60 heavy (non-hydrogen) atoms. The summed E-state index contributed by atoms with van der Waals surface area (Å²) in [7, 11) is 0. The van der Waals surface area contributed by atoms with Crippen LogP contribution >= 0.6 is 0 Å².